The van der Waals surface area contributed by atoms with Gasteiger partial charge in [0, 0.05) is 23.3 Å². The molecule has 0 aliphatic heterocycles. The van der Waals surface area contributed by atoms with Gasteiger partial charge < -0.3 is 10.4 Å². The number of rotatable bonds is 6. The molecule has 0 fully saturated rings. The lowest BCUT2D eigenvalue weighted by molar-refractivity contribution is -0.606. The van der Waals surface area contributed by atoms with Gasteiger partial charge in [-0.3, -0.25) is 4.79 Å². The lowest BCUT2D eigenvalue weighted by atomic mass is 9.77. The molecule has 0 aliphatic rings. The Morgan fingerprint density at radius 2 is 0.938 bits per heavy atom. The van der Waals surface area contributed by atoms with Crippen molar-refractivity contribution in [1.29, 1.82) is 0 Å². The topological polar surface area (TPSA) is 71.0 Å². The first-order chi connectivity index (χ1) is 15.4. The summed E-state index contributed by atoms with van der Waals surface area (Å²) in [6.07, 6.45) is 5.47. The number of alkyl halides is 2. The summed E-state index contributed by atoms with van der Waals surface area (Å²) in [6, 6.07) is 25.0. The molecule has 2 heterocycles. The Kier molecular flexibility index (Phi) is 6.13. The molecule has 7 heteroatoms. The minimum atomic E-state index is -1.38. The van der Waals surface area contributed by atoms with Crippen molar-refractivity contribution < 1.29 is 14.3 Å². The van der Waals surface area contributed by atoms with Crippen LogP contribution in [0.25, 0.3) is 0 Å². The number of benzene rings is 2. The van der Waals surface area contributed by atoms with Gasteiger partial charge in [-0.2, -0.15) is 9.46 Å². The van der Waals surface area contributed by atoms with Crippen LogP contribution < -0.4 is 9.46 Å². The number of carbonyl (C=O) groups is 1. The van der Waals surface area contributed by atoms with Crippen LogP contribution in [-0.4, -0.2) is 5.78 Å². The van der Waals surface area contributed by atoms with Crippen LogP contribution in [0.4, 0.5) is 0 Å². The summed E-state index contributed by atoms with van der Waals surface area (Å²) in [6.45, 7) is 0. The number of ketones is 1. The van der Waals surface area contributed by atoms with Gasteiger partial charge in [0.1, 0.15) is 8.65 Å². The van der Waals surface area contributed by atoms with Crippen LogP contribution in [0.1, 0.15) is 22.3 Å². The number of hydrogen-bond acceptors (Lipinski definition) is 3. The number of nitrogens with zero attached hydrogens (tertiary/aromatic N) is 2. The predicted molar refractivity (Wildman–Crippen MR) is 128 cm³/mol. The Morgan fingerprint density at radius 1 is 0.594 bits per heavy atom. The normalized spacial score (nSPS) is 14.8. The Balaban J connectivity index is 2.02. The fourth-order valence-corrected chi connectivity index (χ4v) is 5.61. The molecule has 4 aromatic rings. The van der Waals surface area contributed by atoms with E-state index in [0.29, 0.717) is 31.7 Å². The fraction of sp³-hybridized carbons (Fsp3) is 0.0800. The first-order valence-electron chi connectivity index (χ1n) is 9.79. The van der Waals surface area contributed by atoms with E-state index in [2.05, 4.69) is 31.9 Å². The zero-order chi connectivity index (χ0) is 22.8. The van der Waals surface area contributed by atoms with Crippen LogP contribution in [0, 0.1) is 10.4 Å². The lowest BCUT2D eigenvalue weighted by Gasteiger charge is -2.36. The SMILES string of the molecule is O=C(C(Br)(c1ccccc1)c1ccc[n+]([O-])c1)C(Br)(c1ccccc1)c1ccc[n+]([O-])c1. The maximum absolute atomic E-state index is 14.6. The molecule has 0 spiro atoms. The van der Waals surface area contributed by atoms with Gasteiger partial charge in [0.15, 0.2) is 30.6 Å². The minimum Gasteiger partial charge on any atom is -0.619 e. The second-order valence-corrected chi connectivity index (χ2v) is 9.66. The first kappa shape index (κ1) is 22.2. The molecule has 4 rings (SSSR count). The highest BCUT2D eigenvalue weighted by Crippen LogP contribution is 2.50. The van der Waals surface area contributed by atoms with Gasteiger partial charge in [-0.15, -0.1) is 0 Å². The van der Waals surface area contributed by atoms with E-state index in [4.69, 9.17) is 0 Å². The lowest BCUT2D eigenvalue weighted by Crippen LogP contribution is -2.46. The molecule has 2 unspecified atom stereocenters. The zero-order valence-electron chi connectivity index (χ0n) is 16.8. The zero-order valence-corrected chi connectivity index (χ0v) is 19.9. The van der Waals surface area contributed by atoms with Crippen molar-refractivity contribution in [3.8, 4) is 0 Å². The van der Waals surface area contributed by atoms with E-state index in [1.54, 1.807) is 24.3 Å². The summed E-state index contributed by atoms with van der Waals surface area (Å²) in [5.74, 6) is -0.306. The molecule has 0 bridgehead atoms. The van der Waals surface area contributed by atoms with Crippen molar-refractivity contribution in [1.82, 2.24) is 0 Å². The van der Waals surface area contributed by atoms with Crippen LogP contribution in [-0.2, 0) is 13.4 Å². The van der Waals surface area contributed by atoms with E-state index in [9.17, 15) is 15.2 Å². The third-order valence-corrected chi connectivity index (χ3v) is 7.87. The van der Waals surface area contributed by atoms with Gasteiger partial charge in [0.05, 0.1) is 0 Å². The maximum atomic E-state index is 14.6. The van der Waals surface area contributed by atoms with E-state index >= 15 is 0 Å². The van der Waals surface area contributed by atoms with Crippen molar-refractivity contribution >= 4 is 37.6 Å². The van der Waals surface area contributed by atoms with Crippen molar-refractivity contribution in [3.63, 3.8) is 0 Å². The number of aromatic nitrogens is 2. The smallest absolute Gasteiger partial charge is 0.185 e. The third kappa shape index (κ3) is 3.82. The summed E-state index contributed by atoms with van der Waals surface area (Å²) in [4.78, 5) is 14.6. The van der Waals surface area contributed by atoms with Gasteiger partial charge in [0.2, 0.25) is 0 Å². The van der Waals surface area contributed by atoms with Crippen molar-refractivity contribution in [3.05, 3.63) is 142 Å². The molecule has 0 saturated heterocycles. The molecule has 5 nitrogen and oxygen atoms in total. The summed E-state index contributed by atoms with van der Waals surface area (Å²) < 4.78 is -1.45. The van der Waals surface area contributed by atoms with Gasteiger partial charge in [0.25, 0.3) is 0 Å². The van der Waals surface area contributed by atoms with Gasteiger partial charge in [-0.1, -0.05) is 92.5 Å². The average Bonchev–Trinajstić information content (AvgIpc) is 2.83. The van der Waals surface area contributed by atoms with Gasteiger partial charge in [-0.05, 0) is 23.3 Å². The molecule has 2 aromatic heterocycles. The second kappa shape index (κ2) is 8.84. The second-order valence-electron chi connectivity index (χ2n) is 7.28. The van der Waals surface area contributed by atoms with Gasteiger partial charge >= 0.3 is 0 Å². The first-order valence-corrected chi connectivity index (χ1v) is 11.4. The molecule has 0 aliphatic carbocycles. The monoisotopic (exact) mass is 552 g/mol. The summed E-state index contributed by atoms with van der Waals surface area (Å²) in [7, 11) is 0. The molecule has 160 valence electrons. The highest BCUT2D eigenvalue weighted by molar-refractivity contribution is 9.11. The van der Waals surface area contributed by atoms with Crippen LogP contribution in [0.5, 0.6) is 0 Å². The van der Waals surface area contributed by atoms with Crippen molar-refractivity contribution in [2.24, 2.45) is 0 Å². The van der Waals surface area contributed by atoms with E-state index in [0.717, 1.165) is 0 Å². The van der Waals surface area contributed by atoms with E-state index in [-0.39, 0.29) is 5.78 Å². The Hall–Kier alpha value is -3.03. The minimum absolute atomic E-state index is 0.306. The number of halogens is 2. The fourth-order valence-electron chi connectivity index (χ4n) is 3.75. The molecule has 0 radical (unpaired) electrons. The Bertz CT molecular complexity index is 1160. The van der Waals surface area contributed by atoms with Crippen molar-refractivity contribution in [2.75, 3.05) is 0 Å². The van der Waals surface area contributed by atoms with Crippen LogP contribution in [0.2, 0.25) is 0 Å². The van der Waals surface area contributed by atoms with E-state index in [1.165, 1.54) is 24.8 Å². The summed E-state index contributed by atoms with van der Waals surface area (Å²) >= 11 is 7.47. The largest absolute Gasteiger partial charge is 0.619 e. The predicted octanol–water partition coefficient (Wildman–Crippen LogP) is 4.50. The average molecular weight is 554 g/mol. The van der Waals surface area contributed by atoms with E-state index < -0.39 is 8.65 Å². The molecule has 0 N–H and O–H groups in total. The number of pyridine rings is 2. The molecule has 2 atom stereocenters. The number of Topliss-reactive ketones (excluding diaryl/α,β-unsaturated/α-hetero) is 1. The van der Waals surface area contributed by atoms with Crippen LogP contribution in [0.3, 0.4) is 0 Å². The molecule has 0 amide bonds. The standard InChI is InChI=1S/C25H18Br2N2O3/c26-24(19-9-3-1-4-10-19,21-13-7-15-28(31)17-21)23(30)25(27,20-11-5-2-6-12-20)22-14-8-16-29(32)18-22/h1-18H. The number of hydrogen-bond donors (Lipinski definition) is 0. The summed E-state index contributed by atoms with van der Waals surface area (Å²) in [5, 5.41) is 24.3. The summed E-state index contributed by atoms with van der Waals surface area (Å²) in [5.41, 5.74) is 2.25. The highest BCUT2D eigenvalue weighted by Gasteiger charge is 2.53. The van der Waals surface area contributed by atoms with Crippen LogP contribution in [0.15, 0.2) is 110 Å². The number of carbonyl (C=O) groups excluding carboxylic acids is 1. The van der Waals surface area contributed by atoms with E-state index in [1.807, 2.05) is 60.7 Å². The van der Waals surface area contributed by atoms with Gasteiger partial charge in [-0.25, -0.2) is 0 Å². The third-order valence-electron chi connectivity index (χ3n) is 5.31. The molecule has 32 heavy (non-hydrogen) atoms. The maximum Gasteiger partial charge on any atom is 0.185 e. The Morgan fingerprint density at radius 3 is 1.28 bits per heavy atom. The molecule has 2 aromatic carbocycles. The van der Waals surface area contributed by atoms with Crippen LogP contribution >= 0.6 is 31.9 Å². The Labute approximate surface area is 202 Å². The molecule has 0 saturated carbocycles. The highest BCUT2D eigenvalue weighted by atomic mass is 79.9. The van der Waals surface area contributed by atoms with Crippen molar-refractivity contribution in [2.45, 2.75) is 8.65 Å². The quantitative estimate of drug-likeness (QED) is 0.200. The molecular formula is C25H18Br2N2O3. The molecular weight excluding hydrogens is 536 g/mol.